The number of nitrogens with zero attached hydrogens (tertiary/aromatic N) is 1. The highest BCUT2D eigenvalue weighted by Crippen LogP contribution is 2.32. The van der Waals surface area contributed by atoms with Crippen LogP contribution in [-0.2, 0) is 10.2 Å². The second-order valence-corrected chi connectivity index (χ2v) is 5.79. The predicted molar refractivity (Wildman–Crippen MR) is 71.6 cm³/mol. The van der Waals surface area contributed by atoms with Gasteiger partial charge in [-0.05, 0) is 17.0 Å². The van der Waals surface area contributed by atoms with E-state index in [1.165, 1.54) is 11.3 Å². The van der Waals surface area contributed by atoms with Gasteiger partial charge in [-0.25, -0.2) is 0 Å². The van der Waals surface area contributed by atoms with Crippen LogP contribution in [0.15, 0.2) is 24.3 Å². The molecule has 1 saturated heterocycles. The van der Waals surface area contributed by atoms with Crippen molar-refractivity contribution in [2.75, 3.05) is 18.0 Å². The van der Waals surface area contributed by atoms with Crippen LogP contribution in [0.5, 0.6) is 0 Å². The third kappa shape index (κ3) is 2.68. The molecular formula is C15H21NO. The fourth-order valence-corrected chi connectivity index (χ4v) is 2.38. The van der Waals surface area contributed by atoms with Gasteiger partial charge in [0.1, 0.15) is 5.78 Å². The Hall–Kier alpha value is -1.31. The Kier molecular flexibility index (Phi) is 3.23. The third-order valence-corrected chi connectivity index (χ3v) is 3.37. The van der Waals surface area contributed by atoms with Crippen LogP contribution < -0.4 is 4.90 Å². The number of ketones is 1. The molecule has 0 atom stereocenters. The summed E-state index contributed by atoms with van der Waals surface area (Å²) in [6, 6.07) is 8.56. The van der Waals surface area contributed by atoms with E-state index < -0.39 is 0 Å². The monoisotopic (exact) mass is 231 g/mol. The molecule has 1 aromatic carbocycles. The van der Waals surface area contributed by atoms with Crippen molar-refractivity contribution >= 4 is 11.5 Å². The Balaban J connectivity index is 2.29. The fourth-order valence-electron chi connectivity index (χ4n) is 2.38. The number of rotatable bonds is 1. The minimum Gasteiger partial charge on any atom is -0.370 e. The largest absolute Gasteiger partial charge is 0.370 e. The van der Waals surface area contributed by atoms with Crippen molar-refractivity contribution in [1.82, 2.24) is 0 Å². The molecule has 0 amide bonds. The van der Waals surface area contributed by atoms with E-state index in [0.717, 1.165) is 13.1 Å². The van der Waals surface area contributed by atoms with E-state index in [-0.39, 0.29) is 5.41 Å². The summed E-state index contributed by atoms with van der Waals surface area (Å²) in [5.41, 5.74) is 2.82. The molecule has 0 spiro atoms. The van der Waals surface area contributed by atoms with Crippen molar-refractivity contribution in [3.05, 3.63) is 29.8 Å². The van der Waals surface area contributed by atoms with E-state index in [4.69, 9.17) is 0 Å². The molecule has 0 aliphatic carbocycles. The van der Waals surface area contributed by atoms with E-state index in [0.29, 0.717) is 18.6 Å². The number of hydrogen-bond donors (Lipinski definition) is 0. The molecule has 0 bridgehead atoms. The molecule has 92 valence electrons. The first-order valence-corrected chi connectivity index (χ1v) is 6.34. The molecule has 0 unspecified atom stereocenters. The molecule has 1 aliphatic rings. The zero-order valence-corrected chi connectivity index (χ0v) is 11.0. The van der Waals surface area contributed by atoms with Gasteiger partial charge in [0.25, 0.3) is 0 Å². The van der Waals surface area contributed by atoms with Crippen molar-refractivity contribution < 1.29 is 4.79 Å². The average molecular weight is 231 g/mol. The van der Waals surface area contributed by atoms with Gasteiger partial charge in [0, 0.05) is 31.6 Å². The van der Waals surface area contributed by atoms with Crippen molar-refractivity contribution in [3.8, 4) is 0 Å². The zero-order chi connectivity index (χ0) is 12.5. The molecule has 1 heterocycles. The first-order chi connectivity index (χ1) is 7.98. The van der Waals surface area contributed by atoms with Gasteiger partial charge in [-0.1, -0.05) is 39.0 Å². The van der Waals surface area contributed by atoms with Crippen molar-refractivity contribution in [2.24, 2.45) is 0 Å². The van der Waals surface area contributed by atoms with E-state index in [1.54, 1.807) is 0 Å². The van der Waals surface area contributed by atoms with E-state index in [9.17, 15) is 4.79 Å². The predicted octanol–water partition coefficient (Wildman–Crippen LogP) is 3.15. The molecule has 17 heavy (non-hydrogen) atoms. The Labute approximate surface area is 104 Å². The number of carbonyl (C=O) groups is 1. The minimum absolute atomic E-state index is 0.151. The summed E-state index contributed by atoms with van der Waals surface area (Å²) in [6.45, 7) is 8.45. The number of para-hydroxylation sites is 1. The summed E-state index contributed by atoms with van der Waals surface area (Å²) in [6.07, 6.45) is 1.39. The Bertz CT molecular complexity index is 407. The summed E-state index contributed by atoms with van der Waals surface area (Å²) in [5, 5.41) is 0. The first kappa shape index (κ1) is 12.2. The molecule has 0 radical (unpaired) electrons. The zero-order valence-electron chi connectivity index (χ0n) is 11.0. The highest BCUT2D eigenvalue weighted by atomic mass is 16.1. The van der Waals surface area contributed by atoms with E-state index >= 15 is 0 Å². The molecule has 1 fully saturated rings. The van der Waals surface area contributed by atoms with Crippen LogP contribution in [0.4, 0.5) is 5.69 Å². The number of Topliss-reactive ketones (excluding diaryl/α,β-unsaturated/α-hetero) is 1. The van der Waals surface area contributed by atoms with Gasteiger partial charge in [-0.3, -0.25) is 4.79 Å². The van der Waals surface area contributed by atoms with Crippen molar-refractivity contribution in [3.63, 3.8) is 0 Å². The summed E-state index contributed by atoms with van der Waals surface area (Å²) >= 11 is 0. The third-order valence-electron chi connectivity index (χ3n) is 3.37. The van der Waals surface area contributed by atoms with E-state index in [2.05, 4.69) is 49.9 Å². The lowest BCUT2D eigenvalue weighted by molar-refractivity contribution is -0.119. The molecule has 2 rings (SSSR count). The lowest BCUT2D eigenvalue weighted by Gasteiger charge is -2.33. The SMILES string of the molecule is CC(C)(C)c1ccccc1N1CCC(=O)CC1. The van der Waals surface area contributed by atoms with Crippen molar-refractivity contribution in [2.45, 2.75) is 39.0 Å². The molecule has 0 N–H and O–H groups in total. The van der Waals surface area contributed by atoms with Crippen LogP contribution >= 0.6 is 0 Å². The first-order valence-electron chi connectivity index (χ1n) is 6.34. The summed E-state index contributed by atoms with van der Waals surface area (Å²) in [7, 11) is 0. The normalized spacial score (nSPS) is 17.4. The number of carbonyl (C=O) groups excluding carboxylic acids is 1. The van der Waals surface area contributed by atoms with Gasteiger partial charge < -0.3 is 4.90 Å². The highest BCUT2D eigenvalue weighted by Gasteiger charge is 2.23. The maximum absolute atomic E-state index is 11.3. The maximum Gasteiger partial charge on any atom is 0.136 e. The highest BCUT2D eigenvalue weighted by molar-refractivity contribution is 5.81. The minimum atomic E-state index is 0.151. The molecule has 0 aromatic heterocycles. The van der Waals surface area contributed by atoms with Crippen LogP contribution in [0.1, 0.15) is 39.2 Å². The molecule has 0 saturated carbocycles. The lowest BCUT2D eigenvalue weighted by Crippen LogP contribution is -2.35. The van der Waals surface area contributed by atoms with Crippen LogP contribution in [0.25, 0.3) is 0 Å². The van der Waals surface area contributed by atoms with Crippen LogP contribution in [-0.4, -0.2) is 18.9 Å². The second-order valence-electron chi connectivity index (χ2n) is 5.79. The van der Waals surface area contributed by atoms with E-state index in [1.807, 2.05) is 0 Å². The summed E-state index contributed by atoms with van der Waals surface area (Å²) in [5.74, 6) is 0.398. The second kappa shape index (κ2) is 4.52. The van der Waals surface area contributed by atoms with Crippen LogP contribution in [0.3, 0.4) is 0 Å². The number of anilines is 1. The van der Waals surface area contributed by atoms with Gasteiger partial charge in [0.2, 0.25) is 0 Å². The van der Waals surface area contributed by atoms with Crippen molar-refractivity contribution in [1.29, 1.82) is 0 Å². The number of hydrogen-bond acceptors (Lipinski definition) is 2. The Morgan fingerprint density at radius 3 is 2.24 bits per heavy atom. The Morgan fingerprint density at radius 1 is 1.06 bits per heavy atom. The molecule has 2 heteroatoms. The fraction of sp³-hybridized carbons (Fsp3) is 0.533. The standard InChI is InChI=1S/C15H21NO/c1-15(2,3)13-6-4-5-7-14(13)16-10-8-12(17)9-11-16/h4-7H,8-11H2,1-3H3. The van der Waals surface area contributed by atoms with Crippen LogP contribution in [0, 0.1) is 0 Å². The molecule has 1 aromatic rings. The summed E-state index contributed by atoms with van der Waals surface area (Å²) < 4.78 is 0. The van der Waals surface area contributed by atoms with Crippen LogP contribution in [0.2, 0.25) is 0 Å². The lowest BCUT2D eigenvalue weighted by atomic mass is 9.85. The maximum atomic E-state index is 11.3. The molecule has 1 aliphatic heterocycles. The van der Waals surface area contributed by atoms with Gasteiger partial charge >= 0.3 is 0 Å². The van der Waals surface area contributed by atoms with Gasteiger partial charge in [-0.2, -0.15) is 0 Å². The molecular weight excluding hydrogens is 210 g/mol. The Morgan fingerprint density at radius 2 is 1.65 bits per heavy atom. The van der Waals surface area contributed by atoms with Gasteiger partial charge in [0.15, 0.2) is 0 Å². The number of benzene rings is 1. The van der Waals surface area contributed by atoms with Gasteiger partial charge in [0.05, 0.1) is 0 Å². The molecule has 2 nitrogen and oxygen atoms in total. The van der Waals surface area contributed by atoms with Gasteiger partial charge in [-0.15, -0.1) is 0 Å². The summed E-state index contributed by atoms with van der Waals surface area (Å²) in [4.78, 5) is 13.6. The topological polar surface area (TPSA) is 20.3 Å². The quantitative estimate of drug-likeness (QED) is 0.740. The smallest absolute Gasteiger partial charge is 0.136 e. The average Bonchev–Trinajstić information content (AvgIpc) is 2.29. The number of piperidine rings is 1.